The van der Waals surface area contributed by atoms with Gasteiger partial charge in [0.1, 0.15) is 0 Å². The molecule has 0 saturated carbocycles. The van der Waals surface area contributed by atoms with Crippen LogP contribution < -0.4 is 9.79 Å². The fraction of sp³-hybridized carbons (Fsp3) is 0. The van der Waals surface area contributed by atoms with Crippen LogP contribution in [0.1, 0.15) is 0 Å². The van der Waals surface area contributed by atoms with Gasteiger partial charge in [0, 0.05) is 21.1 Å². The minimum atomic E-state index is -5.14. The third-order valence-corrected chi connectivity index (χ3v) is 0. The molecule has 4 nitrogen and oxygen atoms in total. The molecule has 0 rings (SSSR count). The van der Waals surface area contributed by atoms with E-state index in [0.717, 1.165) is 0 Å². The molecular weight excluding hydrogens is 279 g/mol. The Morgan fingerprint density at radius 3 is 1.43 bits per heavy atom. The molecule has 0 aliphatic heterocycles. The predicted molar refractivity (Wildman–Crippen MR) is 15.6 cm³/mol. The maximum absolute atomic E-state index is 8.66. The standard InChI is InChI=1S/Mo.H3O4P.Sr/c;1-5(2,3)4;/h;(H3,1,2,3,4);/q;;+2/p-2. The van der Waals surface area contributed by atoms with Crippen LogP contribution in [0.15, 0.2) is 0 Å². The van der Waals surface area contributed by atoms with Crippen molar-refractivity contribution in [1.82, 2.24) is 0 Å². The summed E-state index contributed by atoms with van der Waals surface area (Å²) in [7, 11) is -5.14. The van der Waals surface area contributed by atoms with E-state index in [-0.39, 0.29) is 66.5 Å². The van der Waals surface area contributed by atoms with Gasteiger partial charge in [-0.3, -0.25) is 0 Å². The third-order valence-electron chi connectivity index (χ3n) is 0. The molecule has 38 valence electrons. The van der Waals surface area contributed by atoms with Gasteiger partial charge < -0.3 is 19.2 Å². The largest absolute Gasteiger partial charge is 2.00 e. The van der Waals surface area contributed by atoms with E-state index in [1.807, 2.05) is 0 Å². The SMILES string of the molecule is O=P([O-])([O-])O.[Mo].[Sr+2]. The summed E-state index contributed by atoms with van der Waals surface area (Å²) in [4.78, 5) is 24.3. The molecular formula is HMoO4PSr. The van der Waals surface area contributed by atoms with Gasteiger partial charge in [-0.1, -0.05) is 0 Å². The van der Waals surface area contributed by atoms with Crippen molar-refractivity contribution >= 4 is 53.3 Å². The first-order chi connectivity index (χ1) is 2.00. The van der Waals surface area contributed by atoms with Crippen molar-refractivity contribution in [2.75, 3.05) is 0 Å². The molecule has 0 unspecified atom stereocenters. The Kier molecular flexibility index (Phi) is 14.7. The molecule has 7 heavy (non-hydrogen) atoms. The van der Waals surface area contributed by atoms with Crippen LogP contribution in [0.2, 0.25) is 0 Å². The van der Waals surface area contributed by atoms with E-state index in [9.17, 15) is 0 Å². The molecule has 0 bridgehead atoms. The maximum Gasteiger partial charge on any atom is 2.00 e. The Labute approximate surface area is 92.1 Å². The molecule has 1 N–H and O–H groups in total. The van der Waals surface area contributed by atoms with Crippen molar-refractivity contribution < 1.29 is 40.3 Å². The van der Waals surface area contributed by atoms with Crippen LogP contribution in [0.25, 0.3) is 0 Å². The number of hydrogen-bond acceptors (Lipinski definition) is 3. The van der Waals surface area contributed by atoms with Crippen molar-refractivity contribution in [3.8, 4) is 0 Å². The predicted octanol–water partition coefficient (Wildman–Crippen LogP) is -2.58. The topological polar surface area (TPSA) is 83.4 Å². The molecule has 7 heteroatoms. The summed E-state index contributed by atoms with van der Waals surface area (Å²) >= 11 is 0. The van der Waals surface area contributed by atoms with E-state index in [0.29, 0.717) is 0 Å². The number of hydrogen-bond donors (Lipinski definition) is 1. The van der Waals surface area contributed by atoms with Crippen LogP contribution in [0.4, 0.5) is 0 Å². The van der Waals surface area contributed by atoms with Gasteiger partial charge in [-0.15, -0.1) is 0 Å². The molecule has 0 saturated heterocycles. The summed E-state index contributed by atoms with van der Waals surface area (Å²) in [6, 6.07) is 0. The first-order valence-corrected chi connectivity index (χ1v) is 2.24. The summed E-state index contributed by atoms with van der Waals surface area (Å²) in [5.41, 5.74) is 0. The zero-order valence-electron chi connectivity index (χ0n) is 3.23. The van der Waals surface area contributed by atoms with Crippen LogP contribution >= 0.6 is 7.82 Å². The fourth-order valence-electron chi connectivity index (χ4n) is 0. The summed E-state index contributed by atoms with van der Waals surface area (Å²) in [6.45, 7) is 0. The second-order valence-electron chi connectivity index (χ2n) is 0.469. The van der Waals surface area contributed by atoms with Crippen molar-refractivity contribution in [3.05, 3.63) is 0 Å². The molecule has 0 aromatic carbocycles. The summed E-state index contributed by atoms with van der Waals surface area (Å²) in [5.74, 6) is 0. The minimum absolute atomic E-state index is 0. The average Bonchev–Trinajstić information content (AvgIpc) is 0.722. The monoisotopic (exact) mass is 282 g/mol. The Bertz CT molecular complexity index is 57.8. The Hall–Kier alpha value is 2.28. The normalized spacial score (nSPS) is 8.43. The molecule has 0 amide bonds. The Morgan fingerprint density at radius 2 is 1.43 bits per heavy atom. The van der Waals surface area contributed by atoms with E-state index in [1.54, 1.807) is 0 Å². The van der Waals surface area contributed by atoms with E-state index < -0.39 is 7.82 Å². The van der Waals surface area contributed by atoms with Gasteiger partial charge in [-0.25, -0.2) is 0 Å². The molecule has 0 aliphatic carbocycles. The first kappa shape index (κ1) is 16.1. The summed E-state index contributed by atoms with van der Waals surface area (Å²) in [5, 5.41) is 0. The zero-order valence-corrected chi connectivity index (χ0v) is 9.61. The fourth-order valence-corrected chi connectivity index (χ4v) is 0. The van der Waals surface area contributed by atoms with Crippen LogP contribution in [0.3, 0.4) is 0 Å². The van der Waals surface area contributed by atoms with E-state index in [4.69, 9.17) is 19.2 Å². The van der Waals surface area contributed by atoms with Gasteiger partial charge in [0.25, 0.3) is 0 Å². The Balaban J connectivity index is -0.0000000800. The third kappa shape index (κ3) is 62.8. The number of phosphoric acid groups is 1. The molecule has 0 atom stereocenters. The molecule has 0 fully saturated rings. The van der Waals surface area contributed by atoms with E-state index in [1.165, 1.54) is 0 Å². The van der Waals surface area contributed by atoms with Crippen molar-refractivity contribution in [2.45, 2.75) is 0 Å². The minimum Gasteiger partial charge on any atom is -0.790 e. The second kappa shape index (κ2) is 6.40. The van der Waals surface area contributed by atoms with Crippen LogP contribution in [-0.2, 0) is 25.6 Å². The quantitative estimate of drug-likeness (QED) is 0.390. The molecule has 0 aliphatic rings. The van der Waals surface area contributed by atoms with Crippen molar-refractivity contribution in [2.24, 2.45) is 0 Å². The summed E-state index contributed by atoms with van der Waals surface area (Å²) in [6.07, 6.45) is 0. The maximum atomic E-state index is 8.66. The average molecular weight is 280 g/mol. The van der Waals surface area contributed by atoms with Crippen molar-refractivity contribution in [1.29, 1.82) is 0 Å². The van der Waals surface area contributed by atoms with Gasteiger partial charge in [0.05, 0.1) is 7.82 Å². The van der Waals surface area contributed by atoms with E-state index in [2.05, 4.69) is 0 Å². The van der Waals surface area contributed by atoms with Gasteiger partial charge >= 0.3 is 45.5 Å². The molecule has 0 spiro atoms. The van der Waals surface area contributed by atoms with Gasteiger partial charge in [-0.2, -0.15) is 0 Å². The molecule has 0 aromatic heterocycles. The van der Waals surface area contributed by atoms with Gasteiger partial charge in [-0.05, 0) is 0 Å². The molecule has 0 aromatic rings. The van der Waals surface area contributed by atoms with E-state index >= 15 is 0 Å². The molecule has 0 radical (unpaired) electrons. The Morgan fingerprint density at radius 1 is 1.43 bits per heavy atom. The van der Waals surface area contributed by atoms with Gasteiger partial charge in [0.15, 0.2) is 0 Å². The van der Waals surface area contributed by atoms with Crippen LogP contribution in [-0.4, -0.2) is 50.4 Å². The zero-order chi connectivity index (χ0) is 4.50. The van der Waals surface area contributed by atoms with Crippen LogP contribution in [0.5, 0.6) is 0 Å². The summed E-state index contributed by atoms with van der Waals surface area (Å²) < 4.78 is 8.66. The van der Waals surface area contributed by atoms with Gasteiger partial charge in [0.2, 0.25) is 0 Å². The first-order valence-electron chi connectivity index (χ1n) is 0.748. The smallest absolute Gasteiger partial charge is 0.790 e. The number of rotatable bonds is 0. The molecule has 0 heterocycles. The second-order valence-corrected chi connectivity index (χ2v) is 1.41. The van der Waals surface area contributed by atoms with Crippen LogP contribution in [0, 0.1) is 0 Å². The van der Waals surface area contributed by atoms with Crippen molar-refractivity contribution in [3.63, 3.8) is 0 Å².